The maximum absolute atomic E-state index is 12.0. The lowest BCUT2D eigenvalue weighted by Gasteiger charge is -2.10. The fourth-order valence-electron chi connectivity index (χ4n) is 1.28. The molecule has 0 aliphatic heterocycles. The molecule has 0 atom stereocenters. The van der Waals surface area contributed by atoms with E-state index >= 15 is 0 Å². The first-order chi connectivity index (χ1) is 8.36. The molecule has 0 aromatic heterocycles. The molecule has 0 saturated carbocycles. The third-order valence-electron chi connectivity index (χ3n) is 2.19. The predicted molar refractivity (Wildman–Crippen MR) is 67.0 cm³/mol. The number of nitrogens with zero attached hydrogens (tertiary/aromatic N) is 1. The Morgan fingerprint density at radius 1 is 1.44 bits per heavy atom. The number of nitriles is 1. The second-order valence-corrected chi connectivity index (χ2v) is 6.00. The molecule has 0 heterocycles. The molecule has 1 aromatic carbocycles. The number of aryl methyl sites for hydroxylation is 1. The molecule has 0 saturated heterocycles. The number of benzene rings is 1. The van der Waals surface area contributed by atoms with Crippen LogP contribution in [0.2, 0.25) is 0 Å². The van der Waals surface area contributed by atoms with Gasteiger partial charge in [0.15, 0.2) is 0 Å². The number of nitrogens with one attached hydrogen (secondary N) is 1. The fraction of sp³-hybridized carbons (Fsp3) is 0.417. The Balaban J connectivity index is 2.95. The van der Waals surface area contributed by atoms with Gasteiger partial charge in [0.05, 0.1) is 23.1 Å². The highest BCUT2D eigenvalue weighted by molar-refractivity contribution is 7.89. The van der Waals surface area contributed by atoms with Crippen LogP contribution in [0.1, 0.15) is 25.0 Å². The molecular weight excluding hydrogens is 252 g/mol. The summed E-state index contributed by atoms with van der Waals surface area (Å²) in [6, 6.07) is 6.40. The molecule has 0 aliphatic carbocycles. The normalized spacial score (nSPS) is 11.5. The van der Waals surface area contributed by atoms with Crippen molar-refractivity contribution in [3.05, 3.63) is 29.3 Å². The Labute approximate surface area is 107 Å². The smallest absolute Gasteiger partial charge is 0.262 e. The van der Waals surface area contributed by atoms with Gasteiger partial charge in [0.25, 0.3) is 10.0 Å². The van der Waals surface area contributed by atoms with Crippen molar-refractivity contribution in [1.29, 1.82) is 5.26 Å². The average molecular weight is 268 g/mol. The topological polar surface area (TPSA) is 79.2 Å². The van der Waals surface area contributed by atoms with Crippen molar-refractivity contribution >= 4 is 10.0 Å². The van der Waals surface area contributed by atoms with Gasteiger partial charge in [-0.25, -0.2) is 8.42 Å². The summed E-state index contributed by atoms with van der Waals surface area (Å²) in [6.07, 6.45) is 0. The second kappa shape index (κ2) is 5.96. The lowest BCUT2D eigenvalue weighted by molar-refractivity contribution is 0.0718. The summed E-state index contributed by atoms with van der Waals surface area (Å²) in [6.45, 7) is 5.78. The van der Waals surface area contributed by atoms with E-state index < -0.39 is 10.0 Å². The molecule has 1 rings (SSSR count). The fourth-order valence-corrected chi connectivity index (χ4v) is 2.37. The standard InChI is InChI=1S/C12H16N2O3S/c1-9(2)8-17-14-18(15,16)12-6-11(7-13)5-4-10(12)3/h4-6,9,14H,8H2,1-3H3. The van der Waals surface area contributed by atoms with Crippen molar-refractivity contribution in [3.63, 3.8) is 0 Å². The van der Waals surface area contributed by atoms with Gasteiger partial charge in [0.2, 0.25) is 0 Å². The lowest BCUT2D eigenvalue weighted by Crippen LogP contribution is -2.26. The van der Waals surface area contributed by atoms with Crippen molar-refractivity contribution < 1.29 is 13.3 Å². The van der Waals surface area contributed by atoms with Crippen LogP contribution in [0, 0.1) is 24.2 Å². The summed E-state index contributed by atoms with van der Waals surface area (Å²) in [4.78, 5) is 7.04. The third-order valence-corrected chi connectivity index (χ3v) is 3.55. The van der Waals surface area contributed by atoms with Crippen molar-refractivity contribution in [2.45, 2.75) is 25.7 Å². The van der Waals surface area contributed by atoms with E-state index in [0.717, 1.165) is 0 Å². The Morgan fingerprint density at radius 2 is 2.11 bits per heavy atom. The van der Waals surface area contributed by atoms with Crippen molar-refractivity contribution in [2.75, 3.05) is 6.61 Å². The summed E-state index contributed by atoms with van der Waals surface area (Å²) in [5.41, 5.74) is 0.861. The van der Waals surface area contributed by atoms with Crippen LogP contribution in [0.3, 0.4) is 0 Å². The summed E-state index contributed by atoms with van der Waals surface area (Å²) >= 11 is 0. The summed E-state index contributed by atoms with van der Waals surface area (Å²) in [7, 11) is -3.74. The second-order valence-electron chi connectivity index (χ2n) is 4.38. The third kappa shape index (κ3) is 3.81. The summed E-state index contributed by atoms with van der Waals surface area (Å²) in [5.74, 6) is 0.222. The van der Waals surface area contributed by atoms with E-state index in [2.05, 4.69) is 4.89 Å². The minimum atomic E-state index is -3.74. The zero-order valence-corrected chi connectivity index (χ0v) is 11.4. The van der Waals surface area contributed by atoms with Gasteiger partial charge in [-0.1, -0.05) is 24.8 Å². The first-order valence-electron chi connectivity index (χ1n) is 5.51. The zero-order chi connectivity index (χ0) is 13.8. The van der Waals surface area contributed by atoms with Crippen molar-refractivity contribution in [3.8, 4) is 6.07 Å². The van der Waals surface area contributed by atoms with Gasteiger partial charge in [0.1, 0.15) is 0 Å². The molecule has 0 bridgehead atoms. The zero-order valence-electron chi connectivity index (χ0n) is 10.6. The van der Waals surface area contributed by atoms with Crippen LogP contribution in [-0.4, -0.2) is 15.0 Å². The van der Waals surface area contributed by atoms with Crippen LogP contribution in [0.5, 0.6) is 0 Å². The lowest BCUT2D eigenvalue weighted by atomic mass is 10.2. The van der Waals surface area contributed by atoms with E-state index in [9.17, 15) is 8.42 Å². The highest BCUT2D eigenvalue weighted by Crippen LogP contribution is 2.16. The van der Waals surface area contributed by atoms with Crippen LogP contribution in [-0.2, 0) is 14.9 Å². The van der Waals surface area contributed by atoms with E-state index in [1.165, 1.54) is 6.07 Å². The summed E-state index contributed by atoms with van der Waals surface area (Å²) in [5, 5.41) is 8.77. The highest BCUT2D eigenvalue weighted by Gasteiger charge is 2.17. The van der Waals surface area contributed by atoms with Gasteiger partial charge in [0, 0.05) is 0 Å². The van der Waals surface area contributed by atoms with Gasteiger partial charge in [-0.2, -0.15) is 5.26 Å². The Bertz CT molecular complexity index is 559. The number of hydrogen-bond donors (Lipinski definition) is 1. The van der Waals surface area contributed by atoms with Crippen LogP contribution in [0.25, 0.3) is 0 Å². The first-order valence-corrected chi connectivity index (χ1v) is 6.99. The van der Waals surface area contributed by atoms with E-state index in [4.69, 9.17) is 10.1 Å². The van der Waals surface area contributed by atoms with E-state index in [1.807, 2.05) is 19.9 Å². The minimum Gasteiger partial charge on any atom is -0.287 e. The quantitative estimate of drug-likeness (QED) is 0.825. The molecule has 1 N–H and O–H groups in total. The Morgan fingerprint density at radius 3 is 2.67 bits per heavy atom. The molecule has 6 heteroatoms. The molecule has 1 aromatic rings. The highest BCUT2D eigenvalue weighted by atomic mass is 32.2. The maximum atomic E-state index is 12.0. The number of hydrogen-bond acceptors (Lipinski definition) is 4. The van der Waals surface area contributed by atoms with Crippen LogP contribution >= 0.6 is 0 Å². The van der Waals surface area contributed by atoms with E-state index in [1.54, 1.807) is 19.1 Å². The predicted octanol–water partition coefficient (Wildman–Crippen LogP) is 1.73. The van der Waals surface area contributed by atoms with Crippen molar-refractivity contribution in [1.82, 2.24) is 4.89 Å². The minimum absolute atomic E-state index is 0.0605. The molecule has 0 spiro atoms. The molecular formula is C12H16N2O3S. The molecule has 0 unspecified atom stereocenters. The molecule has 0 radical (unpaired) electrons. The number of rotatable bonds is 5. The van der Waals surface area contributed by atoms with E-state index in [0.29, 0.717) is 11.1 Å². The van der Waals surface area contributed by atoms with Gasteiger partial charge in [-0.05, 0) is 30.5 Å². The monoisotopic (exact) mass is 268 g/mol. The SMILES string of the molecule is Cc1ccc(C#N)cc1S(=O)(=O)NOCC(C)C. The molecule has 5 nitrogen and oxygen atoms in total. The van der Waals surface area contributed by atoms with Gasteiger partial charge in [-0.3, -0.25) is 4.84 Å². The van der Waals surface area contributed by atoms with Gasteiger partial charge >= 0.3 is 0 Å². The summed E-state index contributed by atoms with van der Waals surface area (Å²) < 4.78 is 23.9. The average Bonchev–Trinajstić information content (AvgIpc) is 2.28. The molecule has 0 fully saturated rings. The largest absolute Gasteiger partial charge is 0.287 e. The van der Waals surface area contributed by atoms with Crippen LogP contribution < -0.4 is 4.89 Å². The Kier molecular flexibility index (Phi) is 4.84. The van der Waals surface area contributed by atoms with Gasteiger partial charge < -0.3 is 0 Å². The van der Waals surface area contributed by atoms with Gasteiger partial charge in [-0.15, -0.1) is 0 Å². The molecule has 18 heavy (non-hydrogen) atoms. The van der Waals surface area contributed by atoms with Crippen molar-refractivity contribution in [2.24, 2.45) is 5.92 Å². The molecule has 0 amide bonds. The van der Waals surface area contributed by atoms with Crippen LogP contribution in [0.4, 0.5) is 0 Å². The van der Waals surface area contributed by atoms with Crippen LogP contribution in [0.15, 0.2) is 23.1 Å². The molecule has 98 valence electrons. The number of sulfonamides is 1. The first kappa shape index (κ1) is 14.6. The molecule has 0 aliphatic rings. The van der Waals surface area contributed by atoms with E-state index in [-0.39, 0.29) is 17.4 Å². The maximum Gasteiger partial charge on any atom is 0.262 e. The Hall–Kier alpha value is -1.42.